The molecule has 5 nitrogen and oxygen atoms in total. The van der Waals surface area contributed by atoms with Gasteiger partial charge >= 0.3 is 18.1 Å². The molecule has 1 saturated heterocycles. The van der Waals surface area contributed by atoms with E-state index in [0.29, 0.717) is 21.9 Å². The molecule has 11 heteroatoms. The Hall–Kier alpha value is -1.93. The topological polar surface area (TPSA) is 79.2 Å². The lowest BCUT2D eigenvalue weighted by Gasteiger charge is -2.36. The second kappa shape index (κ2) is 9.61. The highest BCUT2D eigenvalue weighted by Crippen LogP contribution is 2.53. The van der Waals surface area contributed by atoms with Crippen LogP contribution >= 0.6 is 38.9 Å². The number of hydrogen-bond acceptors (Lipinski definition) is 6. The van der Waals surface area contributed by atoms with Gasteiger partial charge in [0.25, 0.3) is 0 Å². The van der Waals surface area contributed by atoms with E-state index in [1.165, 1.54) is 11.3 Å². The van der Waals surface area contributed by atoms with Gasteiger partial charge in [-0.1, -0.05) is 44.5 Å². The van der Waals surface area contributed by atoms with Crippen LogP contribution in [0.3, 0.4) is 0 Å². The molecule has 1 aromatic carbocycles. The number of ether oxygens (including phenoxy) is 1. The Morgan fingerprint density at radius 2 is 1.97 bits per heavy atom. The van der Waals surface area contributed by atoms with Gasteiger partial charge in [0.15, 0.2) is 0 Å². The predicted molar refractivity (Wildman–Crippen MR) is 125 cm³/mol. The van der Waals surface area contributed by atoms with Crippen LogP contribution in [0.4, 0.5) is 13.2 Å². The van der Waals surface area contributed by atoms with Gasteiger partial charge in [-0.05, 0) is 51.5 Å². The largest absolute Gasteiger partial charge is 0.491 e. The van der Waals surface area contributed by atoms with Crippen LogP contribution in [-0.4, -0.2) is 30.2 Å². The number of halogens is 5. The van der Waals surface area contributed by atoms with Crippen molar-refractivity contribution in [1.82, 2.24) is 5.32 Å². The van der Waals surface area contributed by atoms with Crippen LogP contribution in [0.2, 0.25) is 5.02 Å². The van der Waals surface area contributed by atoms with Crippen molar-refractivity contribution in [2.75, 3.05) is 0 Å². The highest BCUT2D eigenvalue weighted by molar-refractivity contribution is 9.10. The summed E-state index contributed by atoms with van der Waals surface area (Å²) in [6.45, 7) is 5.86. The number of hydrogen-bond donors (Lipinski definition) is 1. The average Bonchev–Trinajstić information content (AvgIpc) is 3.27. The van der Waals surface area contributed by atoms with Crippen molar-refractivity contribution in [1.29, 1.82) is 5.26 Å². The van der Waals surface area contributed by atoms with E-state index in [1.807, 2.05) is 20.8 Å². The van der Waals surface area contributed by atoms with E-state index in [-0.39, 0.29) is 5.41 Å². The fraction of sp³-hybridized carbons (Fsp3) is 0.435. The summed E-state index contributed by atoms with van der Waals surface area (Å²) in [5, 5.41) is 15.8. The molecule has 182 valence electrons. The van der Waals surface area contributed by atoms with Gasteiger partial charge in [-0.2, -0.15) is 18.4 Å². The number of esters is 2. The van der Waals surface area contributed by atoms with Crippen LogP contribution in [0, 0.1) is 16.7 Å². The maximum absolute atomic E-state index is 13.0. The van der Waals surface area contributed by atoms with Gasteiger partial charge in [-0.25, -0.2) is 9.59 Å². The van der Waals surface area contributed by atoms with Crippen molar-refractivity contribution in [2.45, 2.75) is 56.8 Å². The number of nitriles is 1. The highest BCUT2D eigenvalue weighted by Gasteiger charge is 2.61. The monoisotopic (exact) mass is 576 g/mol. The fourth-order valence-corrected chi connectivity index (χ4v) is 6.26. The van der Waals surface area contributed by atoms with E-state index in [2.05, 4.69) is 32.1 Å². The Balaban J connectivity index is 2.22. The molecule has 1 aliphatic heterocycles. The lowest BCUT2D eigenvalue weighted by Crippen LogP contribution is -2.44. The predicted octanol–water partition coefficient (Wildman–Crippen LogP) is 6.12. The Morgan fingerprint density at radius 1 is 1.29 bits per heavy atom. The van der Waals surface area contributed by atoms with Gasteiger partial charge in [0.05, 0.1) is 6.07 Å². The number of alkyl halides is 3. The number of thiophene rings is 1. The first-order valence-corrected chi connectivity index (χ1v) is 12.2. The number of nitrogens with zero attached hydrogens (tertiary/aromatic N) is 1. The molecule has 3 rings (SSSR count). The van der Waals surface area contributed by atoms with Crippen LogP contribution in [-0.2, 0) is 19.7 Å². The number of benzene rings is 1. The Kier molecular flexibility index (Phi) is 7.54. The van der Waals surface area contributed by atoms with Crippen LogP contribution < -0.4 is 5.32 Å². The lowest BCUT2D eigenvalue weighted by atomic mass is 9.65. The minimum absolute atomic E-state index is 0.312. The first kappa shape index (κ1) is 26.7. The summed E-state index contributed by atoms with van der Waals surface area (Å²) >= 11 is 10.9. The number of carbonyl (C=O) groups is 2. The minimum atomic E-state index is -5.34. The van der Waals surface area contributed by atoms with E-state index in [9.17, 15) is 28.0 Å². The number of rotatable bonds is 4. The van der Waals surface area contributed by atoms with Gasteiger partial charge in [0.1, 0.15) is 11.5 Å². The number of nitrogens with one attached hydrogen (secondary N) is 1. The smallest absolute Gasteiger partial charge is 0.385 e. The molecule has 34 heavy (non-hydrogen) atoms. The molecule has 2 heterocycles. The normalized spacial score (nSPS) is 25.1. The van der Waals surface area contributed by atoms with Crippen molar-refractivity contribution in [2.24, 2.45) is 5.41 Å². The zero-order valence-electron chi connectivity index (χ0n) is 18.4. The quantitative estimate of drug-likeness (QED) is 0.350. The molecule has 0 bridgehead atoms. The first-order valence-electron chi connectivity index (χ1n) is 10.2. The maximum Gasteiger partial charge on any atom is 0.491 e. The molecular formula is C23H21BrClF3N2O3S. The van der Waals surface area contributed by atoms with Crippen LogP contribution in [0.25, 0.3) is 0 Å². The van der Waals surface area contributed by atoms with Crippen LogP contribution in [0.15, 0.2) is 40.2 Å². The SMILES string of the molecule is CC(C)(C)C[C@@H]1N[C@@H](C(=O)OC(=O)C(F)(F)F)[C@H](c2cccc(Cl)c2)[C@@]1(C#N)c1cc(Br)cs1. The molecule has 1 N–H and O–H groups in total. The summed E-state index contributed by atoms with van der Waals surface area (Å²) < 4.78 is 43.4. The molecule has 0 saturated carbocycles. The lowest BCUT2D eigenvalue weighted by molar-refractivity contribution is -0.202. The average molecular weight is 578 g/mol. The molecule has 0 radical (unpaired) electrons. The second-order valence-electron chi connectivity index (χ2n) is 9.31. The summed E-state index contributed by atoms with van der Waals surface area (Å²) in [5.41, 5.74) is -1.21. The summed E-state index contributed by atoms with van der Waals surface area (Å²) in [6.07, 6.45) is -4.93. The van der Waals surface area contributed by atoms with E-state index < -0.39 is 41.5 Å². The summed E-state index contributed by atoms with van der Waals surface area (Å²) in [5.74, 6) is -4.99. The Labute approximate surface area is 212 Å². The molecule has 0 amide bonds. The van der Waals surface area contributed by atoms with Gasteiger partial charge in [-0.15, -0.1) is 11.3 Å². The third-order valence-electron chi connectivity index (χ3n) is 5.62. The molecular weight excluding hydrogens is 557 g/mol. The summed E-state index contributed by atoms with van der Waals surface area (Å²) in [7, 11) is 0. The van der Waals surface area contributed by atoms with Crippen molar-refractivity contribution in [3.8, 4) is 6.07 Å². The van der Waals surface area contributed by atoms with E-state index in [0.717, 1.165) is 4.47 Å². The van der Waals surface area contributed by atoms with Crippen LogP contribution in [0.1, 0.15) is 43.6 Å². The zero-order valence-corrected chi connectivity index (χ0v) is 21.5. The summed E-state index contributed by atoms with van der Waals surface area (Å²) in [6, 6.07) is 8.55. The highest BCUT2D eigenvalue weighted by atomic mass is 79.9. The second-order valence-corrected chi connectivity index (χ2v) is 11.6. The number of carbonyl (C=O) groups excluding carboxylic acids is 2. The van der Waals surface area contributed by atoms with Gasteiger partial charge in [0.2, 0.25) is 0 Å². The molecule has 4 atom stereocenters. The molecule has 1 fully saturated rings. The third-order valence-corrected chi connectivity index (χ3v) is 7.69. The first-order chi connectivity index (χ1) is 15.7. The van der Waals surface area contributed by atoms with Gasteiger partial charge in [-0.3, -0.25) is 5.32 Å². The molecule has 1 aromatic heterocycles. The van der Waals surface area contributed by atoms with Crippen molar-refractivity contribution >= 4 is 50.8 Å². The summed E-state index contributed by atoms with van der Waals surface area (Å²) in [4.78, 5) is 25.0. The van der Waals surface area contributed by atoms with E-state index in [4.69, 9.17) is 11.6 Å². The minimum Gasteiger partial charge on any atom is -0.385 e. The van der Waals surface area contributed by atoms with Gasteiger partial charge < -0.3 is 4.74 Å². The van der Waals surface area contributed by atoms with Crippen molar-refractivity contribution in [3.63, 3.8) is 0 Å². The Morgan fingerprint density at radius 3 is 2.47 bits per heavy atom. The van der Waals surface area contributed by atoms with Crippen molar-refractivity contribution < 1.29 is 27.5 Å². The third kappa shape index (κ3) is 5.33. The fourth-order valence-electron chi connectivity index (χ4n) is 4.39. The van der Waals surface area contributed by atoms with E-state index >= 15 is 0 Å². The molecule has 0 spiro atoms. The Bertz CT molecular complexity index is 1140. The maximum atomic E-state index is 13.0. The zero-order chi connectivity index (χ0) is 25.5. The van der Waals surface area contributed by atoms with E-state index in [1.54, 1.807) is 35.7 Å². The standard InChI is InChI=1S/C23H21BrClF3N2O3S/c1-21(2,3)9-15-22(11-29,16-8-13(24)10-34-16)17(12-5-4-6-14(25)7-12)18(30-15)19(31)33-20(32)23(26,27)28/h4-8,10,15,17-18,30H,9H2,1-3H3/t15-,17-,18+,22+/m0/s1. The molecule has 0 unspecified atom stereocenters. The molecule has 1 aliphatic rings. The molecule has 0 aliphatic carbocycles. The van der Waals surface area contributed by atoms with Gasteiger partial charge in [0, 0.05) is 31.7 Å². The van der Waals surface area contributed by atoms with Crippen molar-refractivity contribution in [3.05, 3.63) is 55.6 Å². The molecule has 2 aromatic rings. The van der Waals surface area contributed by atoms with Crippen LogP contribution in [0.5, 0.6) is 0 Å².